The van der Waals surface area contributed by atoms with Gasteiger partial charge in [-0.1, -0.05) is 54.6 Å². The summed E-state index contributed by atoms with van der Waals surface area (Å²) in [4.78, 5) is 27.4. The molecule has 0 unspecified atom stereocenters. The number of rotatable bonds is 6. The van der Waals surface area contributed by atoms with E-state index in [0.717, 1.165) is 78.1 Å². The molecule has 10 nitrogen and oxygen atoms in total. The number of hydrogen-bond donors (Lipinski definition) is 0. The van der Waals surface area contributed by atoms with Crippen LogP contribution in [-0.4, -0.2) is 39.0 Å². The Hall–Kier alpha value is -9.07. The Balaban J connectivity index is 1.21. The van der Waals surface area contributed by atoms with Crippen molar-refractivity contribution >= 4 is 43.6 Å². The molecule has 13 heteroatoms. The molecule has 0 saturated heterocycles. The average Bonchev–Trinajstić information content (AvgIpc) is 3.84. The number of fused-ring (bicyclic) bond motifs is 6. The summed E-state index contributed by atoms with van der Waals surface area (Å²) in [7, 11) is 0. The molecule has 0 spiro atoms. The van der Waals surface area contributed by atoms with E-state index in [1.165, 1.54) is 6.07 Å². The van der Waals surface area contributed by atoms with Gasteiger partial charge in [-0.05, 0) is 124 Å². The molecule has 0 N–H and O–H groups in total. The minimum atomic E-state index is -4.64. The molecule has 68 heavy (non-hydrogen) atoms. The van der Waals surface area contributed by atoms with E-state index in [1.54, 1.807) is 6.07 Å². The van der Waals surface area contributed by atoms with Crippen LogP contribution in [-0.2, 0) is 6.18 Å². The van der Waals surface area contributed by atoms with Gasteiger partial charge in [0.25, 0.3) is 0 Å². The zero-order chi connectivity index (χ0) is 47.0. The summed E-state index contributed by atoms with van der Waals surface area (Å²) < 4.78 is 46.3. The van der Waals surface area contributed by atoms with Gasteiger partial charge < -0.3 is 9.13 Å². The van der Waals surface area contributed by atoms with Crippen molar-refractivity contribution < 1.29 is 13.2 Å². The van der Waals surface area contributed by atoms with Crippen molar-refractivity contribution in [1.29, 1.82) is 10.5 Å². The lowest BCUT2D eigenvalue weighted by atomic mass is 9.93. The van der Waals surface area contributed by atoms with Gasteiger partial charge in [-0.2, -0.15) is 23.7 Å². The number of aromatic nitrogens is 8. The van der Waals surface area contributed by atoms with Crippen molar-refractivity contribution in [1.82, 2.24) is 39.0 Å². The van der Waals surface area contributed by atoms with Crippen LogP contribution in [0.2, 0.25) is 0 Å². The fourth-order valence-electron chi connectivity index (χ4n) is 9.43. The van der Waals surface area contributed by atoms with Crippen LogP contribution in [0.15, 0.2) is 140 Å². The van der Waals surface area contributed by atoms with Crippen LogP contribution in [0.4, 0.5) is 13.2 Å². The molecule has 11 rings (SSSR count). The van der Waals surface area contributed by atoms with Gasteiger partial charge in [-0.15, -0.1) is 0 Å². The van der Waals surface area contributed by atoms with Gasteiger partial charge in [0, 0.05) is 43.8 Å². The van der Waals surface area contributed by atoms with E-state index in [-0.39, 0.29) is 5.56 Å². The minimum Gasteiger partial charge on any atom is -0.309 e. The second kappa shape index (κ2) is 15.8. The molecule has 0 radical (unpaired) electrons. The Morgan fingerprint density at radius 1 is 0.426 bits per heavy atom. The Morgan fingerprint density at radius 2 is 0.926 bits per heavy atom. The zero-order valence-corrected chi connectivity index (χ0v) is 36.9. The van der Waals surface area contributed by atoms with Crippen molar-refractivity contribution in [2.24, 2.45) is 0 Å². The molecule has 7 aromatic carbocycles. The predicted octanol–water partition coefficient (Wildman–Crippen LogP) is 12.9. The lowest BCUT2D eigenvalue weighted by molar-refractivity contribution is -0.137. The molecule has 11 aromatic rings. The molecule has 4 heterocycles. The van der Waals surface area contributed by atoms with Crippen molar-refractivity contribution in [2.45, 2.75) is 33.9 Å². The third kappa shape index (κ3) is 6.96. The molecule has 0 bridgehead atoms. The molecule has 326 valence electrons. The number of nitrogens with zero attached hydrogens (tertiary/aromatic N) is 10. The number of aryl methyl sites for hydroxylation is 4. The third-order valence-electron chi connectivity index (χ3n) is 12.3. The van der Waals surface area contributed by atoms with E-state index >= 15 is 0 Å². The first-order chi connectivity index (χ1) is 32.9. The van der Waals surface area contributed by atoms with Gasteiger partial charge in [0.05, 0.1) is 62.3 Å². The lowest BCUT2D eigenvalue weighted by Gasteiger charge is -2.20. The second-order valence-corrected chi connectivity index (χ2v) is 16.6. The highest BCUT2D eigenvalue weighted by atomic mass is 19.4. The Morgan fingerprint density at radius 3 is 1.46 bits per heavy atom. The number of para-hydroxylation sites is 2. The molecule has 0 atom stereocenters. The van der Waals surface area contributed by atoms with Crippen molar-refractivity contribution in [3.63, 3.8) is 0 Å². The number of nitriles is 2. The second-order valence-electron chi connectivity index (χ2n) is 16.6. The first kappa shape index (κ1) is 41.6. The molecular weight excluding hydrogens is 858 g/mol. The summed E-state index contributed by atoms with van der Waals surface area (Å²) in [6, 6.07) is 47.2. The molecule has 0 amide bonds. The van der Waals surface area contributed by atoms with Crippen LogP contribution in [0.3, 0.4) is 0 Å². The van der Waals surface area contributed by atoms with Crippen LogP contribution < -0.4 is 0 Å². The molecule has 0 aliphatic carbocycles. The van der Waals surface area contributed by atoms with Crippen LogP contribution in [0.25, 0.3) is 100 Å². The van der Waals surface area contributed by atoms with Gasteiger partial charge in [-0.3, -0.25) is 0 Å². The average molecular weight is 893 g/mol. The van der Waals surface area contributed by atoms with Gasteiger partial charge in [0.2, 0.25) is 0 Å². The first-order valence-electron chi connectivity index (χ1n) is 21.6. The molecule has 0 aliphatic rings. The lowest BCUT2D eigenvalue weighted by Crippen LogP contribution is -2.05. The van der Waals surface area contributed by atoms with Crippen molar-refractivity contribution in [2.75, 3.05) is 0 Å². The Bertz CT molecular complexity index is 3960. The molecule has 0 fully saturated rings. The molecule has 0 aliphatic heterocycles. The normalized spacial score (nSPS) is 11.7. The fraction of sp³-hybridized carbons (Fsp3) is 0.0909. The fourth-order valence-corrected chi connectivity index (χ4v) is 9.43. The molecule has 4 aromatic heterocycles. The van der Waals surface area contributed by atoms with Crippen LogP contribution >= 0.6 is 0 Å². The van der Waals surface area contributed by atoms with Crippen LogP contribution in [0.1, 0.15) is 40.0 Å². The summed E-state index contributed by atoms with van der Waals surface area (Å²) in [5.41, 5.74) is 8.27. The van der Waals surface area contributed by atoms with Crippen LogP contribution in [0, 0.1) is 50.4 Å². The van der Waals surface area contributed by atoms with Gasteiger partial charge >= 0.3 is 6.18 Å². The monoisotopic (exact) mass is 892 g/mol. The van der Waals surface area contributed by atoms with E-state index in [2.05, 4.69) is 75.4 Å². The third-order valence-corrected chi connectivity index (χ3v) is 12.3. The Labute approximate surface area is 386 Å². The maximum atomic E-state index is 14.0. The summed E-state index contributed by atoms with van der Waals surface area (Å²) in [6.45, 7) is 7.35. The van der Waals surface area contributed by atoms with E-state index < -0.39 is 11.7 Å². The topological polar surface area (TPSA) is 135 Å². The summed E-state index contributed by atoms with van der Waals surface area (Å²) in [5.74, 6) is 3.56. The number of hydrogen-bond acceptors (Lipinski definition) is 8. The van der Waals surface area contributed by atoms with Crippen LogP contribution in [0.5, 0.6) is 0 Å². The number of alkyl halides is 3. The highest BCUT2D eigenvalue weighted by Crippen LogP contribution is 2.44. The molecular formula is C55H35F3N10. The highest BCUT2D eigenvalue weighted by molar-refractivity contribution is 6.12. The SMILES string of the molecule is Cc1nc(C)nc(-c2ccc3c(c2)c2ccccc2n3-c2ccc(C#N)cc2-c2ccc(-c3ccc(C(F)(F)F)cc3C#N)cc2-n2c3ccccc3c3cc(-c4nc(C)nc(C)n4)ccc32)n1. The van der Waals surface area contributed by atoms with Crippen molar-refractivity contribution in [3.8, 4) is 68.5 Å². The van der Waals surface area contributed by atoms with E-state index in [9.17, 15) is 23.7 Å². The van der Waals surface area contributed by atoms with E-state index in [1.807, 2.05) is 119 Å². The van der Waals surface area contributed by atoms with Crippen molar-refractivity contribution in [3.05, 3.63) is 180 Å². The van der Waals surface area contributed by atoms with Gasteiger partial charge in [0.1, 0.15) is 23.3 Å². The minimum absolute atomic E-state index is 0.118. The van der Waals surface area contributed by atoms with E-state index in [0.29, 0.717) is 62.9 Å². The summed E-state index contributed by atoms with van der Waals surface area (Å²) >= 11 is 0. The quantitative estimate of drug-likeness (QED) is 0.161. The predicted molar refractivity (Wildman–Crippen MR) is 257 cm³/mol. The zero-order valence-electron chi connectivity index (χ0n) is 36.9. The Kier molecular flexibility index (Phi) is 9.69. The highest BCUT2D eigenvalue weighted by Gasteiger charge is 2.31. The van der Waals surface area contributed by atoms with Gasteiger partial charge in [-0.25, -0.2) is 29.9 Å². The van der Waals surface area contributed by atoms with Gasteiger partial charge in [0.15, 0.2) is 11.6 Å². The standard InChI is InChI=1S/C55H35F3N10/c1-30-61-31(2)64-53(63-30)36-15-21-50-45(25-36)41-9-5-7-11-47(41)67(50)49-20-13-34(28-59)23-44(49)43-18-14-35(40-19-17-39(55(56,57)58)24-38(40)29-60)27-52(43)68-48-12-8-6-10-42(48)46-26-37(16-22-51(46)68)54-65-32(3)62-33(4)66-54/h5-27H,1-4H3. The summed E-state index contributed by atoms with van der Waals surface area (Å²) in [6.07, 6.45) is -4.64. The maximum absolute atomic E-state index is 14.0. The van der Waals surface area contributed by atoms with E-state index in [4.69, 9.17) is 0 Å². The maximum Gasteiger partial charge on any atom is 0.416 e. The first-order valence-corrected chi connectivity index (χ1v) is 21.6. The number of benzene rings is 7. The molecule has 0 saturated carbocycles. The number of halogens is 3. The summed E-state index contributed by atoms with van der Waals surface area (Å²) in [5, 5.41) is 24.6. The smallest absolute Gasteiger partial charge is 0.309 e. The largest absolute Gasteiger partial charge is 0.416 e.